The highest BCUT2D eigenvalue weighted by Crippen LogP contribution is 2.31. The number of carbonyl (C=O) groups is 1. The largest absolute Gasteiger partial charge is 0.340 e. The van der Waals surface area contributed by atoms with Gasteiger partial charge in [-0.15, -0.1) is 11.3 Å². The lowest BCUT2D eigenvalue weighted by molar-refractivity contribution is -0.132. The number of amides is 1. The number of sulfone groups is 1. The maximum Gasteiger partial charge on any atom is 0.230 e. The fraction of sp³-hybridized carbons (Fsp3) is 0.615. The molecule has 1 aromatic rings. The van der Waals surface area contributed by atoms with E-state index in [2.05, 4.69) is 0 Å². The van der Waals surface area contributed by atoms with Gasteiger partial charge < -0.3 is 4.90 Å². The molecule has 1 saturated heterocycles. The normalized spacial score (nSPS) is 22.5. The number of hydrogen-bond acceptors (Lipinski definition) is 4. The van der Waals surface area contributed by atoms with Crippen LogP contribution in [0.25, 0.3) is 0 Å². The van der Waals surface area contributed by atoms with Crippen molar-refractivity contribution < 1.29 is 13.2 Å². The fourth-order valence-electron chi connectivity index (χ4n) is 2.29. The highest BCUT2D eigenvalue weighted by atomic mass is 35.5. The fourth-order valence-corrected chi connectivity index (χ4v) is 4.76. The summed E-state index contributed by atoms with van der Waals surface area (Å²) < 4.78 is 23.7. The molecule has 0 aromatic carbocycles. The zero-order valence-electron chi connectivity index (χ0n) is 11.7. The molecule has 2 rings (SSSR count). The predicted octanol–water partition coefficient (Wildman–Crippen LogP) is 2.54. The number of hydrogen-bond donors (Lipinski definition) is 0. The van der Waals surface area contributed by atoms with Gasteiger partial charge >= 0.3 is 0 Å². The summed E-state index contributed by atoms with van der Waals surface area (Å²) in [5.41, 5.74) is 0. The van der Waals surface area contributed by atoms with Crippen LogP contribution in [0.2, 0.25) is 4.34 Å². The molecule has 0 aliphatic carbocycles. The van der Waals surface area contributed by atoms with E-state index in [0.29, 0.717) is 4.34 Å². The first-order valence-electron chi connectivity index (χ1n) is 6.40. The second kappa shape index (κ2) is 5.31. The molecular formula is C13H18ClNO3S2. The smallest absolute Gasteiger partial charge is 0.230 e. The van der Waals surface area contributed by atoms with E-state index in [1.807, 2.05) is 13.0 Å². The van der Waals surface area contributed by atoms with E-state index in [9.17, 15) is 13.2 Å². The van der Waals surface area contributed by atoms with Crippen LogP contribution in [0.4, 0.5) is 0 Å². The molecule has 1 aliphatic rings. The van der Waals surface area contributed by atoms with E-state index in [-0.39, 0.29) is 30.7 Å². The summed E-state index contributed by atoms with van der Waals surface area (Å²) in [6, 6.07) is 3.62. The minimum atomic E-state index is -3.13. The molecule has 1 amide bonds. The summed E-state index contributed by atoms with van der Waals surface area (Å²) in [6.45, 7) is 5.70. The number of rotatable bonds is 2. The number of nitrogens with zero attached hydrogens (tertiary/aromatic N) is 1. The third kappa shape index (κ3) is 2.87. The van der Waals surface area contributed by atoms with Crippen molar-refractivity contribution in [3.8, 4) is 0 Å². The first-order chi connectivity index (χ1) is 9.14. The topological polar surface area (TPSA) is 54.5 Å². The van der Waals surface area contributed by atoms with Gasteiger partial charge in [0, 0.05) is 18.0 Å². The summed E-state index contributed by atoms with van der Waals surface area (Å²) in [7, 11) is -3.13. The van der Waals surface area contributed by atoms with Crippen LogP contribution in [0.15, 0.2) is 12.1 Å². The molecule has 0 bridgehead atoms. The lowest BCUT2D eigenvalue weighted by atomic mass is 10.1. The zero-order valence-corrected chi connectivity index (χ0v) is 14.1. The van der Waals surface area contributed by atoms with Gasteiger partial charge in [0.05, 0.1) is 20.8 Å². The van der Waals surface area contributed by atoms with Crippen molar-refractivity contribution in [1.82, 2.24) is 4.90 Å². The van der Waals surface area contributed by atoms with Crippen molar-refractivity contribution in [3.63, 3.8) is 0 Å². The Kier molecular flexibility index (Phi) is 4.19. The molecule has 1 aliphatic heterocycles. The Balaban J connectivity index is 2.15. The minimum absolute atomic E-state index is 0.0314. The Morgan fingerprint density at radius 3 is 2.60 bits per heavy atom. The number of thiophene rings is 1. The molecule has 0 saturated carbocycles. The Bertz CT molecular complexity index is 621. The van der Waals surface area contributed by atoms with Crippen molar-refractivity contribution >= 4 is 38.7 Å². The van der Waals surface area contributed by atoms with Crippen molar-refractivity contribution in [3.05, 3.63) is 21.3 Å². The Morgan fingerprint density at radius 2 is 2.10 bits per heavy atom. The van der Waals surface area contributed by atoms with Crippen LogP contribution in [-0.2, 0) is 14.6 Å². The maximum absolute atomic E-state index is 12.5. The summed E-state index contributed by atoms with van der Waals surface area (Å²) in [4.78, 5) is 15.1. The van der Waals surface area contributed by atoms with E-state index >= 15 is 0 Å². The SMILES string of the molecule is C[C@@H](C(=O)N1CCS(=O)(=O)C(C)(C)C1)c1ccc(Cl)s1. The zero-order chi connectivity index (χ0) is 15.1. The van der Waals surface area contributed by atoms with Crippen LogP contribution in [0.1, 0.15) is 31.6 Å². The van der Waals surface area contributed by atoms with Gasteiger partial charge in [0.2, 0.25) is 5.91 Å². The van der Waals surface area contributed by atoms with Crippen molar-refractivity contribution in [1.29, 1.82) is 0 Å². The van der Waals surface area contributed by atoms with Gasteiger partial charge in [0.1, 0.15) is 0 Å². The van der Waals surface area contributed by atoms with Crippen molar-refractivity contribution in [2.45, 2.75) is 31.4 Å². The van der Waals surface area contributed by atoms with Gasteiger partial charge in [-0.3, -0.25) is 4.79 Å². The van der Waals surface area contributed by atoms with Crippen LogP contribution in [-0.4, -0.2) is 42.8 Å². The van der Waals surface area contributed by atoms with Gasteiger partial charge in [0.25, 0.3) is 0 Å². The van der Waals surface area contributed by atoms with Gasteiger partial charge in [-0.25, -0.2) is 8.42 Å². The maximum atomic E-state index is 12.5. The standard InChI is InChI=1S/C13H18ClNO3S2/c1-9(10-4-5-11(14)19-10)12(16)15-6-7-20(17,18)13(2,3)8-15/h4-5,9H,6-8H2,1-3H3/t9-/m1/s1. The summed E-state index contributed by atoms with van der Waals surface area (Å²) in [5, 5.41) is 0. The second-order valence-electron chi connectivity index (χ2n) is 5.70. The summed E-state index contributed by atoms with van der Waals surface area (Å²) in [6.07, 6.45) is 0. The molecule has 112 valence electrons. The molecule has 1 atom stereocenters. The molecule has 2 heterocycles. The van der Waals surface area contributed by atoms with Crippen LogP contribution in [0.5, 0.6) is 0 Å². The van der Waals surface area contributed by atoms with Crippen LogP contribution in [0.3, 0.4) is 0 Å². The highest BCUT2D eigenvalue weighted by Gasteiger charge is 2.42. The average molecular weight is 336 g/mol. The molecule has 0 unspecified atom stereocenters. The molecule has 0 radical (unpaired) electrons. The molecule has 0 spiro atoms. The van der Waals surface area contributed by atoms with E-state index < -0.39 is 14.6 Å². The van der Waals surface area contributed by atoms with E-state index in [1.165, 1.54) is 11.3 Å². The quantitative estimate of drug-likeness (QED) is 0.834. The van der Waals surface area contributed by atoms with Gasteiger partial charge in [-0.2, -0.15) is 0 Å². The van der Waals surface area contributed by atoms with E-state index in [4.69, 9.17) is 11.6 Å². The van der Waals surface area contributed by atoms with Gasteiger partial charge in [-0.1, -0.05) is 11.6 Å². The first-order valence-corrected chi connectivity index (χ1v) is 9.25. The third-order valence-electron chi connectivity index (χ3n) is 3.75. The second-order valence-corrected chi connectivity index (χ2v) is 10.2. The molecule has 1 aromatic heterocycles. The molecule has 20 heavy (non-hydrogen) atoms. The van der Waals surface area contributed by atoms with Crippen LogP contribution >= 0.6 is 22.9 Å². The Hall–Kier alpha value is -0.590. The average Bonchev–Trinajstić information content (AvgIpc) is 2.77. The predicted molar refractivity (Wildman–Crippen MR) is 82.2 cm³/mol. The number of carbonyl (C=O) groups excluding carboxylic acids is 1. The monoisotopic (exact) mass is 335 g/mol. The lowest BCUT2D eigenvalue weighted by Gasteiger charge is -2.38. The molecule has 4 nitrogen and oxygen atoms in total. The van der Waals surface area contributed by atoms with Gasteiger partial charge in [-0.05, 0) is 32.9 Å². The minimum Gasteiger partial charge on any atom is -0.340 e. The van der Waals surface area contributed by atoms with Crippen LogP contribution < -0.4 is 0 Å². The van der Waals surface area contributed by atoms with Gasteiger partial charge in [0.15, 0.2) is 9.84 Å². The van der Waals surface area contributed by atoms with E-state index in [1.54, 1.807) is 24.8 Å². The van der Waals surface area contributed by atoms with Crippen molar-refractivity contribution in [2.75, 3.05) is 18.8 Å². The Labute approximate surface area is 128 Å². The van der Waals surface area contributed by atoms with E-state index in [0.717, 1.165) is 4.88 Å². The highest BCUT2D eigenvalue weighted by molar-refractivity contribution is 7.92. The molecule has 1 fully saturated rings. The summed E-state index contributed by atoms with van der Waals surface area (Å²) in [5.74, 6) is -0.292. The molecule has 7 heteroatoms. The Morgan fingerprint density at radius 1 is 1.45 bits per heavy atom. The lowest BCUT2D eigenvalue weighted by Crippen LogP contribution is -2.55. The summed E-state index contributed by atoms with van der Waals surface area (Å²) >= 11 is 7.28. The van der Waals surface area contributed by atoms with Crippen LogP contribution in [0, 0.1) is 0 Å². The third-order valence-corrected chi connectivity index (χ3v) is 7.69. The molecule has 0 N–H and O–H groups in total. The first kappa shape index (κ1) is 15.8. The van der Waals surface area contributed by atoms with Crippen molar-refractivity contribution in [2.24, 2.45) is 0 Å². The number of halogens is 1. The molecular weight excluding hydrogens is 318 g/mol.